The van der Waals surface area contributed by atoms with Crippen LogP contribution in [0.3, 0.4) is 0 Å². The van der Waals surface area contributed by atoms with Gasteiger partial charge in [-0.25, -0.2) is 19.2 Å². The molecule has 0 aliphatic rings. The van der Waals surface area contributed by atoms with Gasteiger partial charge in [-0.1, -0.05) is 0 Å². The van der Waals surface area contributed by atoms with Crippen LogP contribution in [0, 0.1) is 11.8 Å². The third kappa shape index (κ3) is 3.94. The predicted octanol–water partition coefficient (Wildman–Crippen LogP) is 2.16. The van der Waals surface area contributed by atoms with Crippen LogP contribution in [0.4, 0.5) is 8.78 Å². The predicted molar refractivity (Wildman–Crippen MR) is 77.2 cm³/mol. The summed E-state index contributed by atoms with van der Waals surface area (Å²) in [7, 11) is 1.32. The first kappa shape index (κ1) is 16.2. The zero-order chi connectivity index (χ0) is 17.0. The lowest BCUT2D eigenvalue weighted by atomic mass is 10.1. The molecule has 1 aromatic carbocycles. The molecule has 1 aromatic heterocycles. The highest BCUT2D eigenvalue weighted by Gasteiger charge is 2.12. The van der Waals surface area contributed by atoms with Gasteiger partial charge in [0.05, 0.1) is 11.8 Å². The Bertz CT molecular complexity index is 793. The van der Waals surface area contributed by atoms with Crippen LogP contribution in [-0.4, -0.2) is 40.2 Å². The van der Waals surface area contributed by atoms with Crippen LogP contribution in [0.1, 0.15) is 26.3 Å². The Kier molecular flexibility index (Phi) is 4.75. The maximum absolute atomic E-state index is 13.7. The van der Waals surface area contributed by atoms with Crippen molar-refractivity contribution in [1.82, 2.24) is 9.99 Å². The van der Waals surface area contributed by atoms with Crippen molar-refractivity contribution in [3.8, 4) is 0 Å². The fourth-order valence-electron chi connectivity index (χ4n) is 1.69. The summed E-state index contributed by atoms with van der Waals surface area (Å²) < 4.78 is 26.7. The van der Waals surface area contributed by atoms with E-state index < -0.39 is 23.6 Å². The average molecular weight is 319 g/mol. The Balaban J connectivity index is 2.16. The second-order valence-electron chi connectivity index (χ2n) is 4.48. The third-order valence-electron chi connectivity index (χ3n) is 2.88. The zero-order valence-corrected chi connectivity index (χ0v) is 11.9. The van der Waals surface area contributed by atoms with Gasteiger partial charge in [0, 0.05) is 30.4 Å². The van der Waals surface area contributed by atoms with Crippen molar-refractivity contribution in [1.29, 1.82) is 0 Å². The van der Waals surface area contributed by atoms with E-state index in [0.29, 0.717) is 0 Å². The Morgan fingerprint density at radius 2 is 1.96 bits per heavy atom. The number of benzene rings is 1. The molecule has 1 amide bonds. The molecule has 6 nitrogen and oxygen atoms in total. The monoisotopic (exact) mass is 319 g/mol. The van der Waals surface area contributed by atoms with E-state index >= 15 is 0 Å². The van der Waals surface area contributed by atoms with Crippen molar-refractivity contribution in [3.63, 3.8) is 0 Å². The van der Waals surface area contributed by atoms with E-state index in [1.165, 1.54) is 25.2 Å². The lowest BCUT2D eigenvalue weighted by Gasteiger charge is -2.10. The second-order valence-corrected chi connectivity index (χ2v) is 4.48. The molecular formula is C15H11F2N3O3. The van der Waals surface area contributed by atoms with Gasteiger partial charge in [-0.05, 0) is 24.3 Å². The highest BCUT2D eigenvalue weighted by atomic mass is 19.1. The Labute approximate surface area is 129 Å². The molecule has 1 heterocycles. The number of carbonyl (C=O) groups excluding carboxylic acids is 1. The summed E-state index contributed by atoms with van der Waals surface area (Å²) in [4.78, 5) is 26.0. The van der Waals surface area contributed by atoms with E-state index in [1.54, 1.807) is 0 Å². The molecule has 0 bridgehead atoms. The van der Waals surface area contributed by atoms with E-state index in [2.05, 4.69) is 10.1 Å². The highest BCUT2D eigenvalue weighted by Crippen LogP contribution is 2.10. The van der Waals surface area contributed by atoms with Crippen LogP contribution in [0.15, 0.2) is 41.6 Å². The first-order valence-corrected chi connectivity index (χ1v) is 6.35. The maximum Gasteiger partial charge on any atom is 0.335 e. The summed E-state index contributed by atoms with van der Waals surface area (Å²) in [5.41, 5.74) is -0.147. The SMILES string of the molecule is CN(/N=C/c1ccc(C(=O)O)cc1F)C(=O)c1ccnc(F)c1. The third-order valence-corrected chi connectivity index (χ3v) is 2.88. The van der Waals surface area contributed by atoms with Crippen molar-refractivity contribution in [2.75, 3.05) is 7.05 Å². The topological polar surface area (TPSA) is 82.9 Å². The summed E-state index contributed by atoms with van der Waals surface area (Å²) in [6, 6.07) is 5.57. The smallest absolute Gasteiger partial charge is 0.335 e. The number of halogens is 2. The molecule has 0 radical (unpaired) electrons. The molecule has 0 unspecified atom stereocenters. The Morgan fingerprint density at radius 3 is 2.57 bits per heavy atom. The van der Waals surface area contributed by atoms with Gasteiger partial charge in [-0.15, -0.1) is 0 Å². The number of hydrogen-bond donors (Lipinski definition) is 1. The molecule has 2 rings (SSSR count). The molecule has 0 saturated heterocycles. The highest BCUT2D eigenvalue weighted by molar-refractivity contribution is 5.95. The van der Waals surface area contributed by atoms with Crippen molar-refractivity contribution < 1.29 is 23.5 Å². The molecule has 0 aliphatic carbocycles. The number of aromatic nitrogens is 1. The van der Waals surface area contributed by atoms with Crippen LogP contribution in [0.25, 0.3) is 0 Å². The molecule has 8 heteroatoms. The summed E-state index contributed by atoms with van der Waals surface area (Å²) in [6.45, 7) is 0. The van der Waals surface area contributed by atoms with Gasteiger partial charge >= 0.3 is 5.97 Å². The Hall–Kier alpha value is -3.16. The molecule has 2 aromatic rings. The molecule has 0 fully saturated rings. The van der Waals surface area contributed by atoms with Gasteiger partial charge in [-0.3, -0.25) is 4.79 Å². The molecule has 0 aliphatic heterocycles. The molecular weight excluding hydrogens is 308 g/mol. The summed E-state index contributed by atoms with van der Waals surface area (Å²) >= 11 is 0. The van der Waals surface area contributed by atoms with Gasteiger partial charge in [-0.2, -0.15) is 9.49 Å². The number of amides is 1. The number of rotatable bonds is 4. The minimum absolute atomic E-state index is 0.00978. The zero-order valence-electron chi connectivity index (χ0n) is 11.9. The lowest BCUT2D eigenvalue weighted by molar-refractivity contribution is 0.0695. The maximum atomic E-state index is 13.7. The number of carbonyl (C=O) groups is 2. The van der Waals surface area contributed by atoms with Crippen molar-refractivity contribution in [3.05, 3.63) is 65.0 Å². The van der Waals surface area contributed by atoms with Gasteiger partial charge in [0.1, 0.15) is 5.82 Å². The van der Waals surface area contributed by atoms with Gasteiger partial charge in [0.15, 0.2) is 0 Å². The Morgan fingerprint density at radius 1 is 1.22 bits per heavy atom. The quantitative estimate of drug-likeness (QED) is 0.532. The van der Waals surface area contributed by atoms with E-state index in [9.17, 15) is 18.4 Å². The number of nitrogens with zero attached hydrogens (tertiary/aromatic N) is 3. The molecule has 0 atom stereocenters. The summed E-state index contributed by atoms with van der Waals surface area (Å²) in [6.07, 6.45) is 2.21. The van der Waals surface area contributed by atoms with Crippen LogP contribution >= 0.6 is 0 Å². The fraction of sp³-hybridized carbons (Fsp3) is 0.0667. The van der Waals surface area contributed by atoms with Gasteiger partial charge in [0.2, 0.25) is 5.95 Å². The molecule has 0 spiro atoms. The number of carboxylic acids is 1. The number of hydrogen-bond acceptors (Lipinski definition) is 4. The standard InChI is InChI=1S/C15H11F2N3O3/c1-20(14(21)9-4-5-18-13(17)7-9)19-8-11-3-2-10(15(22)23)6-12(11)16/h2-8H,1H3,(H,22,23)/b19-8+. The van der Waals surface area contributed by atoms with Crippen LogP contribution in [0.2, 0.25) is 0 Å². The first-order valence-electron chi connectivity index (χ1n) is 6.35. The van der Waals surface area contributed by atoms with E-state index in [-0.39, 0.29) is 16.7 Å². The number of hydrazone groups is 1. The van der Waals surface area contributed by atoms with Crippen LogP contribution in [0.5, 0.6) is 0 Å². The molecule has 118 valence electrons. The summed E-state index contributed by atoms with van der Waals surface area (Å²) in [5.74, 6) is -3.45. The van der Waals surface area contributed by atoms with Crippen LogP contribution < -0.4 is 0 Å². The summed E-state index contributed by atoms with van der Waals surface area (Å²) in [5, 5.41) is 13.4. The van der Waals surface area contributed by atoms with Crippen molar-refractivity contribution in [2.24, 2.45) is 5.10 Å². The normalized spacial score (nSPS) is 10.7. The van der Waals surface area contributed by atoms with E-state index in [1.807, 2.05) is 0 Å². The van der Waals surface area contributed by atoms with Crippen LogP contribution in [-0.2, 0) is 0 Å². The number of carboxylic acid groups (broad SMARTS) is 1. The number of aromatic carboxylic acids is 1. The second kappa shape index (κ2) is 6.73. The minimum atomic E-state index is -1.25. The number of pyridine rings is 1. The van der Waals surface area contributed by atoms with E-state index in [0.717, 1.165) is 29.6 Å². The largest absolute Gasteiger partial charge is 0.478 e. The van der Waals surface area contributed by atoms with Crippen molar-refractivity contribution >= 4 is 18.1 Å². The van der Waals surface area contributed by atoms with Gasteiger partial charge < -0.3 is 5.11 Å². The molecule has 23 heavy (non-hydrogen) atoms. The lowest BCUT2D eigenvalue weighted by Crippen LogP contribution is -2.21. The fourth-order valence-corrected chi connectivity index (χ4v) is 1.69. The minimum Gasteiger partial charge on any atom is -0.478 e. The first-order chi connectivity index (χ1) is 10.9. The molecule has 0 saturated carbocycles. The van der Waals surface area contributed by atoms with E-state index in [4.69, 9.17) is 5.11 Å². The van der Waals surface area contributed by atoms with Crippen molar-refractivity contribution in [2.45, 2.75) is 0 Å². The average Bonchev–Trinajstić information content (AvgIpc) is 2.52. The molecule has 1 N–H and O–H groups in total. The van der Waals surface area contributed by atoms with Gasteiger partial charge in [0.25, 0.3) is 5.91 Å².